The Morgan fingerprint density at radius 2 is 1.58 bits per heavy atom. The van der Waals surface area contributed by atoms with Crippen LogP contribution in [0.3, 0.4) is 0 Å². The van der Waals surface area contributed by atoms with Crippen molar-refractivity contribution in [2.75, 3.05) is 12.4 Å². The second-order valence-corrected chi connectivity index (χ2v) is 9.60. The van der Waals surface area contributed by atoms with Crippen molar-refractivity contribution >= 4 is 23.4 Å². The van der Waals surface area contributed by atoms with E-state index >= 15 is 0 Å². The summed E-state index contributed by atoms with van der Waals surface area (Å²) < 4.78 is 5.37. The molecule has 1 aliphatic heterocycles. The van der Waals surface area contributed by atoms with Crippen molar-refractivity contribution in [3.8, 4) is 5.75 Å². The first-order valence-corrected chi connectivity index (χ1v) is 11.6. The Bertz CT molecular complexity index is 1120. The van der Waals surface area contributed by atoms with Gasteiger partial charge in [0.25, 0.3) is 0 Å². The summed E-state index contributed by atoms with van der Waals surface area (Å²) in [6.45, 7) is 0. The van der Waals surface area contributed by atoms with Crippen molar-refractivity contribution in [2.24, 2.45) is 35.5 Å². The molecule has 2 aromatic carbocycles. The summed E-state index contributed by atoms with van der Waals surface area (Å²) in [7, 11) is 1.54. The lowest BCUT2D eigenvalue weighted by Gasteiger charge is -2.37. The molecular formula is C27H26N2O4. The molecule has 168 valence electrons. The van der Waals surface area contributed by atoms with Crippen LogP contribution in [0, 0.1) is 35.5 Å². The second kappa shape index (κ2) is 7.58. The average Bonchev–Trinajstić information content (AvgIpc) is 3.62. The van der Waals surface area contributed by atoms with Gasteiger partial charge in [0.1, 0.15) is 11.8 Å². The number of hydrogen-bond donors (Lipinski definition) is 1. The molecule has 3 amide bonds. The number of carbonyl (C=O) groups is 3. The van der Waals surface area contributed by atoms with Gasteiger partial charge in [-0.1, -0.05) is 54.6 Å². The molecule has 2 bridgehead atoms. The lowest BCUT2D eigenvalue weighted by molar-refractivity contribution is -0.146. The van der Waals surface area contributed by atoms with Gasteiger partial charge in [-0.25, -0.2) is 0 Å². The lowest BCUT2D eigenvalue weighted by atomic mass is 9.63. The SMILES string of the molecule is COc1ccccc1NC(=O)[C@H](Cc1ccccc1)N1C(=O)[C@@H]2[C@H]3C=C[C@@H]([C@@H]4C[C@H]34)[C@H]2C1=O. The Morgan fingerprint density at radius 1 is 0.970 bits per heavy atom. The van der Waals surface area contributed by atoms with Gasteiger partial charge in [0.2, 0.25) is 17.7 Å². The highest BCUT2D eigenvalue weighted by Crippen LogP contribution is 2.65. The Labute approximate surface area is 192 Å². The fourth-order valence-electron chi connectivity index (χ4n) is 6.39. The molecular weight excluding hydrogens is 416 g/mol. The number of rotatable bonds is 6. The number of nitrogens with zero attached hydrogens (tertiary/aromatic N) is 1. The number of anilines is 1. The van der Waals surface area contributed by atoms with Crippen LogP contribution in [0.1, 0.15) is 12.0 Å². The maximum absolute atomic E-state index is 13.7. The van der Waals surface area contributed by atoms with Gasteiger partial charge in [-0.3, -0.25) is 19.3 Å². The molecule has 1 saturated heterocycles. The Kier molecular flexibility index (Phi) is 4.64. The highest BCUT2D eigenvalue weighted by molar-refractivity contribution is 6.11. The van der Waals surface area contributed by atoms with Gasteiger partial charge in [0, 0.05) is 6.42 Å². The van der Waals surface area contributed by atoms with E-state index in [4.69, 9.17) is 4.74 Å². The molecule has 6 nitrogen and oxygen atoms in total. The first-order valence-electron chi connectivity index (χ1n) is 11.6. The van der Waals surface area contributed by atoms with Gasteiger partial charge in [0.15, 0.2) is 0 Å². The van der Waals surface area contributed by atoms with Crippen molar-refractivity contribution < 1.29 is 19.1 Å². The number of allylic oxidation sites excluding steroid dienone is 2. The maximum Gasteiger partial charge on any atom is 0.248 e. The van der Waals surface area contributed by atoms with Crippen molar-refractivity contribution in [3.05, 3.63) is 72.3 Å². The van der Waals surface area contributed by atoms with E-state index < -0.39 is 6.04 Å². The van der Waals surface area contributed by atoms with Crippen LogP contribution in [-0.4, -0.2) is 35.8 Å². The largest absolute Gasteiger partial charge is 0.495 e. The Balaban J connectivity index is 1.34. The zero-order valence-corrected chi connectivity index (χ0v) is 18.4. The van der Waals surface area contributed by atoms with Crippen LogP contribution >= 0.6 is 0 Å². The first kappa shape index (κ1) is 20.2. The minimum absolute atomic E-state index is 0.126. The normalized spacial score (nSPS) is 31.7. The van der Waals surface area contributed by atoms with Crippen LogP contribution in [0.15, 0.2) is 66.7 Å². The summed E-state index contributed by atoms with van der Waals surface area (Å²) in [6, 6.07) is 15.8. The number of ether oxygens (including phenoxy) is 1. The monoisotopic (exact) mass is 442 g/mol. The summed E-state index contributed by atoms with van der Waals surface area (Å²) in [4.78, 5) is 42.2. The highest BCUT2D eigenvalue weighted by Gasteiger charge is 2.67. The summed E-state index contributed by atoms with van der Waals surface area (Å²) in [5.41, 5.74) is 1.42. The van der Waals surface area contributed by atoms with E-state index in [0.29, 0.717) is 23.3 Å². The van der Waals surface area contributed by atoms with Gasteiger partial charge >= 0.3 is 0 Å². The van der Waals surface area contributed by atoms with E-state index in [1.165, 1.54) is 4.90 Å². The summed E-state index contributed by atoms with van der Waals surface area (Å²) in [5.74, 6) is 0.412. The molecule has 0 unspecified atom stereocenters. The molecule has 2 saturated carbocycles. The minimum Gasteiger partial charge on any atom is -0.495 e. The quantitative estimate of drug-likeness (QED) is 0.550. The van der Waals surface area contributed by atoms with E-state index in [9.17, 15) is 14.4 Å². The van der Waals surface area contributed by atoms with E-state index in [2.05, 4.69) is 17.5 Å². The third-order valence-electron chi connectivity index (χ3n) is 7.95. The fraction of sp³-hybridized carbons (Fsp3) is 0.370. The number of para-hydroxylation sites is 2. The third-order valence-corrected chi connectivity index (χ3v) is 7.95. The Hall–Kier alpha value is -3.41. The van der Waals surface area contributed by atoms with Crippen LogP contribution in [0.2, 0.25) is 0 Å². The predicted molar refractivity (Wildman–Crippen MR) is 122 cm³/mol. The summed E-state index contributed by atoms with van der Waals surface area (Å²) >= 11 is 0. The lowest BCUT2D eigenvalue weighted by Crippen LogP contribution is -2.49. The van der Waals surface area contributed by atoms with Gasteiger partial charge in [0.05, 0.1) is 24.6 Å². The number of amides is 3. The molecule has 0 radical (unpaired) electrons. The first-order chi connectivity index (χ1) is 16.1. The van der Waals surface area contributed by atoms with Crippen molar-refractivity contribution in [1.82, 2.24) is 4.90 Å². The number of hydrogen-bond acceptors (Lipinski definition) is 4. The van der Waals surface area contributed by atoms with Crippen molar-refractivity contribution in [1.29, 1.82) is 0 Å². The molecule has 0 aromatic heterocycles. The molecule has 5 aliphatic rings. The number of likely N-dealkylation sites (tertiary alicyclic amines) is 1. The molecule has 3 fully saturated rings. The van der Waals surface area contributed by atoms with Gasteiger partial charge < -0.3 is 10.1 Å². The van der Waals surface area contributed by atoms with Crippen molar-refractivity contribution in [2.45, 2.75) is 18.9 Å². The number of benzene rings is 2. The number of methoxy groups -OCH3 is 1. The van der Waals surface area contributed by atoms with Crippen molar-refractivity contribution in [3.63, 3.8) is 0 Å². The molecule has 1 N–H and O–H groups in total. The molecule has 0 spiro atoms. The van der Waals surface area contributed by atoms with E-state index in [1.54, 1.807) is 25.3 Å². The zero-order chi connectivity index (χ0) is 22.7. The predicted octanol–water partition coefficient (Wildman–Crippen LogP) is 3.30. The summed E-state index contributed by atoms with van der Waals surface area (Å²) in [5, 5.41) is 2.91. The van der Waals surface area contributed by atoms with Crippen LogP contribution < -0.4 is 10.1 Å². The minimum atomic E-state index is -0.918. The fourth-order valence-corrected chi connectivity index (χ4v) is 6.39. The van der Waals surface area contributed by atoms with E-state index in [-0.39, 0.29) is 47.8 Å². The Morgan fingerprint density at radius 3 is 2.21 bits per heavy atom. The molecule has 6 heteroatoms. The number of imide groups is 1. The average molecular weight is 443 g/mol. The van der Waals surface area contributed by atoms with Crippen LogP contribution in [-0.2, 0) is 20.8 Å². The smallest absolute Gasteiger partial charge is 0.248 e. The van der Waals surface area contributed by atoms with Crippen LogP contribution in [0.25, 0.3) is 0 Å². The topological polar surface area (TPSA) is 75.7 Å². The van der Waals surface area contributed by atoms with Crippen LogP contribution in [0.4, 0.5) is 5.69 Å². The molecule has 4 aliphatic carbocycles. The third kappa shape index (κ3) is 3.11. The molecule has 33 heavy (non-hydrogen) atoms. The second-order valence-electron chi connectivity index (χ2n) is 9.60. The van der Waals surface area contributed by atoms with E-state index in [1.807, 2.05) is 36.4 Å². The number of nitrogens with one attached hydrogen (secondary N) is 1. The van der Waals surface area contributed by atoms with Gasteiger partial charge in [-0.05, 0) is 47.8 Å². The maximum atomic E-state index is 13.7. The van der Waals surface area contributed by atoms with Crippen LogP contribution in [0.5, 0.6) is 5.75 Å². The van der Waals surface area contributed by atoms with E-state index in [0.717, 1.165) is 12.0 Å². The highest BCUT2D eigenvalue weighted by atomic mass is 16.5. The molecule has 7 rings (SSSR count). The van der Waals surface area contributed by atoms with Gasteiger partial charge in [-0.2, -0.15) is 0 Å². The molecule has 2 aromatic rings. The standard InChI is InChI=1S/C27H26N2O4/c1-33-22-10-6-5-9-20(22)28-25(30)21(13-15-7-3-2-4-8-15)29-26(31)23-16-11-12-17(19-14-18(16)19)24(23)27(29)32/h2-12,16-19,21,23-24H,13-14H2,1H3,(H,28,30)/t16-,17-,18-,19+,21-,23+,24+/m0/s1. The molecule has 7 atom stereocenters. The molecule has 1 heterocycles. The van der Waals surface area contributed by atoms with Gasteiger partial charge in [-0.15, -0.1) is 0 Å². The zero-order valence-electron chi connectivity index (χ0n) is 18.4. The number of carbonyl (C=O) groups excluding carboxylic acids is 3. The summed E-state index contributed by atoms with van der Waals surface area (Å²) in [6.07, 6.45) is 5.68.